The second-order valence-corrected chi connectivity index (χ2v) is 9.42. The molecular formula is C22H40NO5S+. The highest BCUT2D eigenvalue weighted by atomic mass is 32.2. The molecule has 0 amide bonds. The molecule has 29 heavy (non-hydrogen) atoms. The molecule has 0 aliphatic heterocycles. The molecule has 0 unspecified atom stereocenters. The van der Waals surface area contributed by atoms with E-state index in [2.05, 4.69) is 6.92 Å². The summed E-state index contributed by atoms with van der Waals surface area (Å²) in [6, 6.07) is 7.08. The molecule has 0 aliphatic rings. The largest absolute Gasteiger partial charge is 0.438 e. The van der Waals surface area contributed by atoms with Crippen LogP contribution in [0.15, 0.2) is 24.3 Å². The molecule has 0 saturated heterocycles. The Balaban J connectivity index is 2.48. The number of unbranched alkanes of at least 4 members (excludes halogenated alkanes) is 9. The summed E-state index contributed by atoms with van der Waals surface area (Å²) in [5.41, 5.74) is 1.47. The Bertz CT molecular complexity index is 640. The van der Waals surface area contributed by atoms with Crippen molar-refractivity contribution in [2.45, 2.75) is 77.6 Å². The van der Waals surface area contributed by atoms with Crippen molar-refractivity contribution in [3.8, 4) is 0 Å². The molecule has 0 bridgehead atoms. The number of aliphatic hydroxyl groups is 2. The van der Waals surface area contributed by atoms with Crippen LogP contribution < -0.4 is 3.89 Å². The van der Waals surface area contributed by atoms with Crippen molar-refractivity contribution >= 4 is 16.0 Å². The van der Waals surface area contributed by atoms with Crippen molar-refractivity contribution < 1.29 is 23.2 Å². The molecule has 6 nitrogen and oxygen atoms in total. The summed E-state index contributed by atoms with van der Waals surface area (Å²) in [6.45, 7) is 0.983. The molecule has 3 N–H and O–H groups in total. The van der Waals surface area contributed by atoms with E-state index < -0.39 is 27.4 Å². The monoisotopic (exact) mass is 430 g/mol. The molecular weight excluding hydrogens is 390 g/mol. The Labute approximate surface area is 177 Å². The van der Waals surface area contributed by atoms with Gasteiger partial charge in [-0.25, -0.2) is 4.55 Å². The minimum atomic E-state index is -4.54. The lowest BCUT2D eigenvalue weighted by molar-refractivity contribution is 0.208. The molecule has 168 valence electrons. The van der Waals surface area contributed by atoms with Gasteiger partial charge in [0, 0.05) is 12.1 Å². The Morgan fingerprint density at radius 1 is 0.759 bits per heavy atom. The van der Waals surface area contributed by atoms with Crippen LogP contribution in [0, 0.1) is 0 Å². The summed E-state index contributed by atoms with van der Waals surface area (Å²) in [5, 5.41) is 18.6. The normalized spacial score (nSPS) is 12.4. The van der Waals surface area contributed by atoms with E-state index in [4.69, 9.17) is 0 Å². The summed E-state index contributed by atoms with van der Waals surface area (Å²) in [6.07, 6.45) is 13.8. The molecule has 0 spiro atoms. The van der Waals surface area contributed by atoms with E-state index in [1.807, 2.05) is 12.1 Å². The number of hydrogen-bond donors (Lipinski definition) is 3. The summed E-state index contributed by atoms with van der Waals surface area (Å²) >= 11 is 0. The first-order chi connectivity index (χ1) is 13.9. The van der Waals surface area contributed by atoms with E-state index in [1.165, 1.54) is 57.8 Å². The predicted octanol–water partition coefficient (Wildman–Crippen LogP) is 4.24. The zero-order valence-corrected chi connectivity index (χ0v) is 18.7. The number of quaternary nitrogens is 1. The lowest BCUT2D eigenvalue weighted by Gasteiger charge is -2.32. The number of aryl methyl sites for hydroxylation is 1. The van der Waals surface area contributed by atoms with E-state index in [1.54, 1.807) is 12.1 Å². The van der Waals surface area contributed by atoms with Crippen LogP contribution in [0.5, 0.6) is 0 Å². The zero-order valence-electron chi connectivity index (χ0n) is 17.9. The van der Waals surface area contributed by atoms with Crippen LogP contribution in [0.1, 0.15) is 76.7 Å². The Morgan fingerprint density at radius 2 is 1.21 bits per heavy atom. The first-order valence-corrected chi connectivity index (χ1v) is 12.5. The third-order valence-corrected chi connectivity index (χ3v) is 7.05. The molecule has 0 heterocycles. The van der Waals surface area contributed by atoms with Gasteiger partial charge < -0.3 is 10.2 Å². The third-order valence-electron chi connectivity index (χ3n) is 5.59. The van der Waals surface area contributed by atoms with Gasteiger partial charge in [0.1, 0.15) is 18.8 Å². The van der Waals surface area contributed by atoms with Gasteiger partial charge >= 0.3 is 10.3 Å². The van der Waals surface area contributed by atoms with Crippen LogP contribution in [0.25, 0.3) is 0 Å². The number of hydrogen-bond acceptors (Lipinski definition) is 4. The molecule has 0 saturated carbocycles. The van der Waals surface area contributed by atoms with E-state index in [-0.39, 0.29) is 13.1 Å². The predicted molar refractivity (Wildman–Crippen MR) is 119 cm³/mol. The maximum absolute atomic E-state index is 12.0. The number of benzene rings is 1. The van der Waals surface area contributed by atoms with Gasteiger partial charge in [-0.1, -0.05) is 76.8 Å². The first kappa shape index (κ1) is 26.0. The molecule has 1 aromatic carbocycles. The zero-order chi connectivity index (χ0) is 21.6. The Morgan fingerprint density at radius 3 is 1.62 bits per heavy atom. The number of nitrogens with zero attached hydrogens (tertiary/aromatic N) is 1. The topological polar surface area (TPSA) is 94.8 Å². The van der Waals surface area contributed by atoms with Gasteiger partial charge in [-0.05, 0) is 18.4 Å². The second-order valence-electron chi connectivity index (χ2n) is 7.83. The number of rotatable bonds is 17. The molecule has 0 fully saturated rings. The van der Waals surface area contributed by atoms with Gasteiger partial charge in [-0.2, -0.15) is 3.89 Å². The lowest BCUT2D eigenvalue weighted by Crippen LogP contribution is -2.56. The SMILES string of the molecule is CCCCCCCCCCCCc1ccc([N+](CCO)(CCO)S(=O)(=O)O)cc1. The van der Waals surface area contributed by atoms with Crippen molar-refractivity contribution in [3.05, 3.63) is 29.8 Å². The molecule has 1 rings (SSSR count). The minimum absolute atomic E-state index is 0.211. The van der Waals surface area contributed by atoms with Gasteiger partial charge in [-0.3, -0.25) is 0 Å². The fourth-order valence-electron chi connectivity index (χ4n) is 3.81. The van der Waals surface area contributed by atoms with E-state index in [9.17, 15) is 23.2 Å². The van der Waals surface area contributed by atoms with Gasteiger partial charge in [-0.15, -0.1) is 8.42 Å². The molecule has 0 aliphatic carbocycles. The maximum atomic E-state index is 12.0. The van der Waals surface area contributed by atoms with Crippen molar-refractivity contribution in [1.29, 1.82) is 0 Å². The smallest absolute Gasteiger partial charge is 0.390 e. The van der Waals surface area contributed by atoms with Crippen LogP contribution in [-0.2, 0) is 16.7 Å². The van der Waals surface area contributed by atoms with Crippen LogP contribution in [0.2, 0.25) is 0 Å². The van der Waals surface area contributed by atoms with Crippen LogP contribution in [0.3, 0.4) is 0 Å². The minimum Gasteiger partial charge on any atom is -0.390 e. The summed E-state index contributed by atoms with van der Waals surface area (Å²) in [5.74, 6) is 0. The maximum Gasteiger partial charge on any atom is 0.438 e. The van der Waals surface area contributed by atoms with Crippen molar-refractivity contribution in [2.75, 3.05) is 26.3 Å². The molecule has 0 aromatic heterocycles. The molecule has 0 atom stereocenters. The van der Waals surface area contributed by atoms with E-state index >= 15 is 0 Å². The van der Waals surface area contributed by atoms with Gasteiger partial charge in [0.05, 0.1) is 13.2 Å². The Kier molecular flexibility index (Phi) is 12.7. The molecule has 1 aromatic rings. The van der Waals surface area contributed by atoms with Gasteiger partial charge in [0.15, 0.2) is 0 Å². The van der Waals surface area contributed by atoms with Gasteiger partial charge in [0.25, 0.3) is 0 Å². The van der Waals surface area contributed by atoms with E-state index in [0.29, 0.717) is 5.69 Å². The standard InChI is InChI=1S/C22H39NO5S/c1-2-3-4-5-6-7-8-9-10-11-12-21-13-15-22(16-14-21)23(17-19-24,18-20-25)29(26,27)28/h13-16,24-25H,2-12,17-20H2,1H3/p+1. The highest BCUT2D eigenvalue weighted by Gasteiger charge is 2.42. The fourth-order valence-corrected chi connectivity index (χ4v) is 4.82. The highest BCUT2D eigenvalue weighted by molar-refractivity contribution is 7.85. The summed E-state index contributed by atoms with van der Waals surface area (Å²) < 4.78 is 32.9. The molecule has 0 radical (unpaired) electrons. The summed E-state index contributed by atoms with van der Waals surface area (Å²) in [4.78, 5) is 0. The van der Waals surface area contributed by atoms with Crippen LogP contribution >= 0.6 is 0 Å². The summed E-state index contributed by atoms with van der Waals surface area (Å²) in [7, 11) is -4.54. The van der Waals surface area contributed by atoms with Crippen molar-refractivity contribution in [1.82, 2.24) is 3.89 Å². The van der Waals surface area contributed by atoms with Crippen LogP contribution in [0.4, 0.5) is 5.69 Å². The second kappa shape index (κ2) is 14.1. The van der Waals surface area contributed by atoms with Gasteiger partial charge in [0.2, 0.25) is 0 Å². The van der Waals surface area contributed by atoms with Crippen LogP contribution in [-0.4, -0.2) is 49.5 Å². The third kappa shape index (κ3) is 8.72. The van der Waals surface area contributed by atoms with Crippen molar-refractivity contribution in [2.24, 2.45) is 0 Å². The highest BCUT2D eigenvalue weighted by Crippen LogP contribution is 2.27. The van der Waals surface area contributed by atoms with Crippen molar-refractivity contribution in [3.63, 3.8) is 0 Å². The lowest BCUT2D eigenvalue weighted by atomic mass is 10.0. The quantitative estimate of drug-likeness (QED) is 0.195. The molecule has 7 heteroatoms. The fraction of sp³-hybridized carbons (Fsp3) is 0.727. The number of aliphatic hydroxyl groups excluding tert-OH is 2. The van der Waals surface area contributed by atoms with E-state index in [0.717, 1.165) is 18.4 Å². The average Bonchev–Trinajstić information content (AvgIpc) is 2.69. The average molecular weight is 431 g/mol. The first-order valence-electron chi connectivity index (χ1n) is 11.1. The Hall–Kier alpha value is -0.990.